The minimum atomic E-state index is -0.833. The molecule has 180 valence electrons. The minimum Gasteiger partial charge on any atom is -0.481 e. The number of pyridine rings is 1. The maximum absolute atomic E-state index is 13.1. The molecule has 34 heavy (non-hydrogen) atoms. The summed E-state index contributed by atoms with van der Waals surface area (Å²) in [5, 5.41) is 13.7. The van der Waals surface area contributed by atoms with Crippen LogP contribution in [0.15, 0.2) is 53.6 Å². The third-order valence-electron chi connectivity index (χ3n) is 5.70. The first kappa shape index (κ1) is 24.9. The molecule has 1 saturated heterocycles. The van der Waals surface area contributed by atoms with Crippen LogP contribution < -0.4 is 16.2 Å². The Morgan fingerprint density at radius 3 is 2.47 bits per heavy atom. The highest BCUT2D eigenvalue weighted by Crippen LogP contribution is 2.20. The zero-order valence-electron chi connectivity index (χ0n) is 19.7. The van der Waals surface area contributed by atoms with E-state index in [1.54, 1.807) is 17.7 Å². The van der Waals surface area contributed by atoms with Gasteiger partial charge in [0.15, 0.2) is 0 Å². The summed E-state index contributed by atoms with van der Waals surface area (Å²) in [6, 6.07) is 11.5. The van der Waals surface area contributed by atoms with Crippen LogP contribution in [0.25, 0.3) is 11.3 Å². The molecule has 1 amide bonds. The number of aromatic amines is 1. The first-order valence-electron chi connectivity index (χ1n) is 11.3. The lowest BCUT2D eigenvalue weighted by Crippen LogP contribution is -2.39. The highest BCUT2D eigenvalue weighted by atomic mass is 16.4. The average Bonchev–Trinajstić information content (AvgIpc) is 3.31. The number of hydrogen-bond donors (Lipinski definition) is 4. The Morgan fingerprint density at radius 1 is 1.18 bits per heavy atom. The molecule has 1 fully saturated rings. The number of aliphatic carboxylic acids is 1. The molecule has 9 nitrogen and oxygen atoms in total. The Balaban J connectivity index is 0.000000751. The number of H-pyrrole nitrogens is 1. The number of aryl methyl sites for hydroxylation is 1. The summed E-state index contributed by atoms with van der Waals surface area (Å²) >= 11 is 0. The number of hydrogen-bond acceptors (Lipinski definition) is 5. The molecule has 3 heterocycles. The third-order valence-corrected chi connectivity index (χ3v) is 5.70. The third kappa shape index (κ3) is 6.20. The van der Waals surface area contributed by atoms with Gasteiger partial charge in [0.2, 0.25) is 0 Å². The van der Waals surface area contributed by atoms with Gasteiger partial charge in [-0.1, -0.05) is 30.3 Å². The van der Waals surface area contributed by atoms with Crippen LogP contribution in [0.1, 0.15) is 60.5 Å². The second-order valence-electron chi connectivity index (χ2n) is 8.33. The zero-order chi connectivity index (χ0) is 24.7. The van der Waals surface area contributed by atoms with Gasteiger partial charge in [0.05, 0.1) is 17.9 Å². The van der Waals surface area contributed by atoms with Gasteiger partial charge in [0.1, 0.15) is 11.4 Å². The van der Waals surface area contributed by atoms with E-state index < -0.39 is 5.97 Å². The summed E-state index contributed by atoms with van der Waals surface area (Å²) in [6.07, 6.45) is 5.34. The van der Waals surface area contributed by atoms with Crippen molar-refractivity contribution in [2.45, 2.75) is 45.7 Å². The van der Waals surface area contributed by atoms with Crippen LogP contribution in [0.5, 0.6) is 0 Å². The van der Waals surface area contributed by atoms with Crippen molar-refractivity contribution in [1.29, 1.82) is 0 Å². The molecule has 0 saturated carbocycles. The van der Waals surface area contributed by atoms with Crippen LogP contribution in [0.3, 0.4) is 0 Å². The number of carbonyl (C=O) groups is 2. The van der Waals surface area contributed by atoms with E-state index >= 15 is 0 Å². The topological polar surface area (TPSA) is 129 Å². The van der Waals surface area contributed by atoms with Gasteiger partial charge in [-0.3, -0.25) is 14.4 Å². The number of amides is 1. The van der Waals surface area contributed by atoms with Crippen LogP contribution in [0, 0.1) is 6.92 Å². The van der Waals surface area contributed by atoms with Gasteiger partial charge >= 0.3 is 0 Å². The quantitative estimate of drug-likeness (QED) is 0.458. The molecule has 0 radical (unpaired) electrons. The fraction of sp³-hybridized carbons (Fsp3) is 0.360. The first-order valence-corrected chi connectivity index (χ1v) is 11.3. The summed E-state index contributed by atoms with van der Waals surface area (Å²) in [5.74, 6) is -0.555. The number of piperidine rings is 1. The number of imidazole rings is 1. The van der Waals surface area contributed by atoms with E-state index in [1.165, 1.54) is 0 Å². The van der Waals surface area contributed by atoms with E-state index in [0.29, 0.717) is 11.4 Å². The fourth-order valence-corrected chi connectivity index (χ4v) is 3.95. The summed E-state index contributed by atoms with van der Waals surface area (Å²) in [4.78, 5) is 42.8. The van der Waals surface area contributed by atoms with Gasteiger partial charge in [0, 0.05) is 19.2 Å². The standard InChI is InChI=1S/C23H27N5O2.C2H4O2/c1-15-10-13-28(18-8-11-24-12-9-18)23(30)20(15)22(29)26-16(2)21-25-14-19(27-21)17-6-4-3-5-7-17;1-2(3)4/h3-7,10,13-14,16,18,24H,8-9,11-12H2,1-2H3,(H,25,27)(H,26,29);1H3,(H,3,4)/t16-;/m0./s1. The zero-order valence-corrected chi connectivity index (χ0v) is 19.7. The molecule has 0 aliphatic carbocycles. The molecular formula is C25H31N5O4. The monoisotopic (exact) mass is 465 g/mol. The molecule has 3 aromatic rings. The van der Waals surface area contributed by atoms with Crippen LogP contribution >= 0.6 is 0 Å². The molecule has 0 unspecified atom stereocenters. The van der Waals surface area contributed by atoms with Gasteiger partial charge in [-0.15, -0.1) is 0 Å². The van der Waals surface area contributed by atoms with E-state index in [4.69, 9.17) is 9.90 Å². The molecule has 1 aromatic carbocycles. The number of aromatic nitrogens is 3. The Morgan fingerprint density at radius 2 is 1.82 bits per heavy atom. The Bertz CT molecular complexity index is 1180. The van der Waals surface area contributed by atoms with Crippen molar-refractivity contribution < 1.29 is 14.7 Å². The predicted molar refractivity (Wildman–Crippen MR) is 130 cm³/mol. The van der Waals surface area contributed by atoms with Crippen molar-refractivity contribution in [1.82, 2.24) is 25.2 Å². The lowest BCUT2D eigenvalue weighted by molar-refractivity contribution is -0.134. The van der Waals surface area contributed by atoms with Gasteiger partial charge < -0.3 is 25.3 Å². The number of nitrogens with zero attached hydrogens (tertiary/aromatic N) is 2. The van der Waals surface area contributed by atoms with Crippen molar-refractivity contribution in [3.8, 4) is 11.3 Å². The van der Waals surface area contributed by atoms with E-state index in [1.807, 2.05) is 49.5 Å². The van der Waals surface area contributed by atoms with Crippen LogP contribution in [0.2, 0.25) is 0 Å². The fourth-order valence-electron chi connectivity index (χ4n) is 3.95. The summed E-state index contributed by atoms with van der Waals surface area (Å²) in [6.45, 7) is 6.50. The number of carboxylic acid groups (broad SMARTS) is 1. The highest BCUT2D eigenvalue weighted by Gasteiger charge is 2.23. The Hall–Kier alpha value is -3.72. The van der Waals surface area contributed by atoms with Crippen molar-refractivity contribution >= 4 is 11.9 Å². The molecule has 1 aliphatic heterocycles. The average molecular weight is 466 g/mol. The molecule has 9 heteroatoms. The highest BCUT2D eigenvalue weighted by molar-refractivity contribution is 5.95. The van der Waals surface area contributed by atoms with Crippen molar-refractivity contribution in [3.05, 3.63) is 76.1 Å². The molecule has 4 N–H and O–H groups in total. The van der Waals surface area contributed by atoms with Gasteiger partial charge in [-0.25, -0.2) is 4.98 Å². The van der Waals surface area contributed by atoms with E-state index in [0.717, 1.165) is 44.1 Å². The first-order chi connectivity index (χ1) is 16.3. The van der Waals surface area contributed by atoms with Crippen molar-refractivity contribution in [2.75, 3.05) is 13.1 Å². The SMILES string of the molecule is CC(=O)O.Cc1ccn(C2CCNCC2)c(=O)c1C(=O)N[C@@H](C)c1ncc(-c2ccccc2)[nH]1. The second-order valence-corrected chi connectivity index (χ2v) is 8.33. The molecule has 1 aliphatic rings. The van der Waals surface area contributed by atoms with Gasteiger partial charge in [0.25, 0.3) is 17.4 Å². The van der Waals surface area contributed by atoms with Crippen molar-refractivity contribution in [3.63, 3.8) is 0 Å². The number of rotatable bonds is 5. The normalized spacial score (nSPS) is 14.6. The van der Waals surface area contributed by atoms with E-state index in [9.17, 15) is 9.59 Å². The lowest BCUT2D eigenvalue weighted by Gasteiger charge is -2.25. The van der Waals surface area contributed by atoms with E-state index in [2.05, 4.69) is 20.6 Å². The maximum Gasteiger partial charge on any atom is 0.300 e. The largest absolute Gasteiger partial charge is 0.481 e. The number of nitrogens with one attached hydrogen (secondary N) is 3. The van der Waals surface area contributed by atoms with Crippen LogP contribution in [0.4, 0.5) is 0 Å². The Labute approximate surface area is 198 Å². The van der Waals surface area contributed by atoms with Gasteiger partial charge in [-0.05, 0) is 57.0 Å². The minimum absolute atomic E-state index is 0.127. The molecule has 4 rings (SSSR count). The number of carboxylic acids is 1. The molecule has 0 spiro atoms. The Kier molecular flexibility index (Phi) is 8.37. The number of benzene rings is 1. The van der Waals surface area contributed by atoms with Gasteiger partial charge in [-0.2, -0.15) is 0 Å². The summed E-state index contributed by atoms with van der Waals surface area (Å²) < 4.78 is 1.72. The maximum atomic E-state index is 13.1. The summed E-state index contributed by atoms with van der Waals surface area (Å²) in [5.41, 5.74) is 2.57. The predicted octanol–water partition coefficient (Wildman–Crippen LogP) is 3.05. The molecular weight excluding hydrogens is 434 g/mol. The number of carbonyl (C=O) groups excluding carboxylic acids is 1. The van der Waals surface area contributed by atoms with E-state index in [-0.39, 0.29) is 29.1 Å². The lowest BCUT2D eigenvalue weighted by atomic mass is 10.0. The van der Waals surface area contributed by atoms with Crippen LogP contribution in [-0.2, 0) is 4.79 Å². The molecule has 2 aromatic heterocycles. The summed E-state index contributed by atoms with van der Waals surface area (Å²) in [7, 11) is 0. The second kappa shape index (κ2) is 11.4. The molecule has 0 bridgehead atoms. The van der Waals surface area contributed by atoms with Crippen molar-refractivity contribution in [2.24, 2.45) is 0 Å². The molecule has 1 atom stereocenters. The van der Waals surface area contributed by atoms with Crippen LogP contribution in [-0.4, -0.2) is 44.6 Å². The smallest absolute Gasteiger partial charge is 0.300 e.